The molecule has 0 spiro atoms. The molecule has 0 bridgehead atoms. The van der Waals surface area contributed by atoms with Crippen molar-refractivity contribution in [2.24, 2.45) is 0 Å². The van der Waals surface area contributed by atoms with Gasteiger partial charge in [-0.25, -0.2) is 4.79 Å². The molecule has 0 aromatic heterocycles. The number of rotatable bonds is 2. The summed E-state index contributed by atoms with van der Waals surface area (Å²) in [5, 5.41) is 5.56. The van der Waals surface area contributed by atoms with Crippen LogP contribution in [0.3, 0.4) is 0 Å². The highest BCUT2D eigenvalue weighted by molar-refractivity contribution is 9.10. The Morgan fingerprint density at radius 3 is 3.00 bits per heavy atom. The lowest BCUT2D eigenvalue weighted by molar-refractivity contribution is 0.189. The first-order valence-corrected chi connectivity index (χ1v) is 6.15. The topological polar surface area (TPSA) is 76.4 Å². The van der Waals surface area contributed by atoms with Gasteiger partial charge in [-0.1, -0.05) is 0 Å². The molecule has 1 aliphatic heterocycles. The Balaban J connectivity index is 1.90. The number of hydrogen-bond donors (Lipinski definition) is 3. The smallest absolute Gasteiger partial charge is 0.319 e. The number of benzene rings is 1. The molecular formula is C11H14BrN3O2. The number of nitrogens with one attached hydrogen (secondary N) is 2. The van der Waals surface area contributed by atoms with Crippen LogP contribution in [-0.4, -0.2) is 25.3 Å². The first-order valence-electron chi connectivity index (χ1n) is 5.35. The molecule has 6 heteroatoms. The number of carbonyl (C=O) groups is 1. The molecule has 1 aromatic rings. The van der Waals surface area contributed by atoms with Crippen molar-refractivity contribution >= 4 is 33.3 Å². The molecule has 1 atom stereocenters. The molecule has 1 saturated heterocycles. The summed E-state index contributed by atoms with van der Waals surface area (Å²) in [5.74, 6) is 0. The van der Waals surface area contributed by atoms with Crippen molar-refractivity contribution in [3.05, 3.63) is 22.7 Å². The van der Waals surface area contributed by atoms with E-state index in [9.17, 15) is 4.79 Å². The van der Waals surface area contributed by atoms with E-state index in [0.717, 1.165) is 10.9 Å². The van der Waals surface area contributed by atoms with E-state index < -0.39 is 0 Å². The van der Waals surface area contributed by atoms with E-state index in [1.165, 1.54) is 0 Å². The summed E-state index contributed by atoms with van der Waals surface area (Å²) in [7, 11) is 0. The van der Waals surface area contributed by atoms with Gasteiger partial charge in [0.2, 0.25) is 0 Å². The second-order valence-electron chi connectivity index (χ2n) is 3.90. The quantitative estimate of drug-likeness (QED) is 0.731. The molecule has 1 heterocycles. The van der Waals surface area contributed by atoms with Crippen LogP contribution in [0.4, 0.5) is 16.2 Å². The minimum Gasteiger partial charge on any atom is -0.398 e. The van der Waals surface area contributed by atoms with Crippen LogP contribution in [0.2, 0.25) is 0 Å². The monoisotopic (exact) mass is 299 g/mol. The van der Waals surface area contributed by atoms with Crippen LogP contribution < -0.4 is 16.4 Å². The second-order valence-corrected chi connectivity index (χ2v) is 4.75. The molecule has 1 aliphatic rings. The van der Waals surface area contributed by atoms with Crippen LogP contribution >= 0.6 is 15.9 Å². The van der Waals surface area contributed by atoms with E-state index in [4.69, 9.17) is 10.5 Å². The Kier molecular flexibility index (Phi) is 3.86. The number of hydrogen-bond acceptors (Lipinski definition) is 3. The zero-order valence-corrected chi connectivity index (χ0v) is 10.8. The number of halogens is 1. The number of carbonyl (C=O) groups excluding carboxylic acids is 1. The molecule has 17 heavy (non-hydrogen) atoms. The van der Waals surface area contributed by atoms with E-state index in [-0.39, 0.29) is 12.1 Å². The molecule has 0 aliphatic carbocycles. The summed E-state index contributed by atoms with van der Waals surface area (Å²) in [5.41, 5.74) is 6.98. The zero-order chi connectivity index (χ0) is 12.3. The molecule has 2 rings (SSSR count). The van der Waals surface area contributed by atoms with Crippen LogP contribution in [0.15, 0.2) is 22.7 Å². The molecule has 92 valence electrons. The van der Waals surface area contributed by atoms with Crippen molar-refractivity contribution in [2.45, 2.75) is 12.5 Å². The molecule has 1 aromatic carbocycles. The van der Waals surface area contributed by atoms with Gasteiger partial charge in [0.05, 0.1) is 12.6 Å². The molecule has 1 unspecified atom stereocenters. The van der Waals surface area contributed by atoms with Crippen LogP contribution in [0.5, 0.6) is 0 Å². The fourth-order valence-corrected chi connectivity index (χ4v) is 1.87. The molecule has 2 amide bonds. The summed E-state index contributed by atoms with van der Waals surface area (Å²) < 4.78 is 5.99. The first kappa shape index (κ1) is 12.2. The fourth-order valence-electron chi connectivity index (χ4n) is 1.62. The first-order chi connectivity index (χ1) is 8.15. The third kappa shape index (κ3) is 3.34. The molecule has 0 radical (unpaired) electrons. The lowest BCUT2D eigenvalue weighted by Crippen LogP contribution is -2.38. The van der Waals surface area contributed by atoms with Gasteiger partial charge in [0.15, 0.2) is 0 Å². The largest absolute Gasteiger partial charge is 0.398 e. The Labute approximate surface area is 108 Å². The molecule has 4 N–H and O–H groups in total. The normalized spacial score (nSPS) is 19.0. The van der Waals surface area contributed by atoms with Crippen LogP contribution in [0.25, 0.3) is 0 Å². The Morgan fingerprint density at radius 2 is 2.35 bits per heavy atom. The molecular weight excluding hydrogens is 286 g/mol. The summed E-state index contributed by atoms with van der Waals surface area (Å²) >= 11 is 3.30. The second kappa shape index (κ2) is 5.37. The minimum atomic E-state index is -0.234. The Morgan fingerprint density at radius 1 is 1.53 bits per heavy atom. The average Bonchev–Trinajstić information content (AvgIpc) is 2.76. The van der Waals surface area contributed by atoms with E-state index in [1.807, 2.05) is 0 Å². The Hall–Kier alpha value is -1.27. The van der Waals surface area contributed by atoms with Gasteiger partial charge in [-0.05, 0) is 40.5 Å². The maximum Gasteiger partial charge on any atom is 0.319 e. The van der Waals surface area contributed by atoms with E-state index in [1.54, 1.807) is 18.2 Å². The number of nitrogens with two attached hydrogens (primary N) is 1. The fraction of sp³-hybridized carbons (Fsp3) is 0.364. The zero-order valence-electron chi connectivity index (χ0n) is 9.20. The van der Waals surface area contributed by atoms with Crippen LogP contribution in [-0.2, 0) is 4.74 Å². The van der Waals surface area contributed by atoms with Crippen LogP contribution in [0, 0.1) is 0 Å². The third-order valence-electron chi connectivity index (χ3n) is 2.52. The molecule has 0 saturated carbocycles. The minimum absolute atomic E-state index is 0.0998. The number of urea groups is 1. The van der Waals surface area contributed by atoms with E-state index in [2.05, 4.69) is 26.6 Å². The maximum absolute atomic E-state index is 11.6. The predicted molar refractivity (Wildman–Crippen MR) is 69.9 cm³/mol. The van der Waals surface area contributed by atoms with Gasteiger partial charge in [0, 0.05) is 22.5 Å². The molecule has 5 nitrogen and oxygen atoms in total. The van der Waals surface area contributed by atoms with Crippen molar-refractivity contribution < 1.29 is 9.53 Å². The Bertz CT molecular complexity index is 419. The van der Waals surface area contributed by atoms with Gasteiger partial charge in [-0.3, -0.25) is 0 Å². The maximum atomic E-state index is 11.6. The summed E-state index contributed by atoms with van der Waals surface area (Å²) in [6.07, 6.45) is 0.857. The van der Waals surface area contributed by atoms with E-state index >= 15 is 0 Å². The van der Waals surface area contributed by atoms with Crippen molar-refractivity contribution in [1.29, 1.82) is 0 Å². The average molecular weight is 300 g/mol. The van der Waals surface area contributed by atoms with Crippen molar-refractivity contribution in [3.63, 3.8) is 0 Å². The number of nitrogen functional groups attached to an aromatic ring is 1. The lowest BCUT2D eigenvalue weighted by Gasteiger charge is -2.12. The van der Waals surface area contributed by atoms with Gasteiger partial charge in [0.25, 0.3) is 0 Å². The van der Waals surface area contributed by atoms with Gasteiger partial charge in [0.1, 0.15) is 0 Å². The van der Waals surface area contributed by atoms with Crippen molar-refractivity contribution in [1.82, 2.24) is 5.32 Å². The standard InChI is InChI=1S/C11H14BrN3O2/c12-9-2-1-7(5-10(9)13)14-11(16)15-8-3-4-17-6-8/h1-2,5,8H,3-4,6,13H2,(H2,14,15,16). The number of ether oxygens (including phenoxy) is 1. The highest BCUT2D eigenvalue weighted by atomic mass is 79.9. The van der Waals surface area contributed by atoms with Crippen molar-refractivity contribution in [3.8, 4) is 0 Å². The summed E-state index contributed by atoms with van der Waals surface area (Å²) in [6, 6.07) is 5.15. The predicted octanol–water partition coefficient (Wildman–Crippen LogP) is 1.94. The SMILES string of the molecule is Nc1cc(NC(=O)NC2CCOC2)ccc1Br. The third-order valence-corrected chi connectivity index (χ3v) is 3.24. The van der Waals surface area contributed by atoms with Gasteiger partial charge < -0.3 is 21.1 Å². The highest BCUT2D eigenvalue weighted by Crippen LogP contribution is 2.22. The lowest BCUT2D eigenvalue weighted by atomic mass is 10.2. The van der Waals surface area contributed by atoms with Gasteiger partial charge in [-0.2, -0.15) is 0 Å². The van der Waals surface area contributed by atoms with Gasteiger partial charge in [-0.15, -0.1) is 0 Å². The summed E-state index contributed by atoms with van der Waals surface area (Å²) in [6.45, 7) is 1.28. The van der Waals surface area contributed by atoms with Gasteiger partial charge >= 0.3 is 6.03 Å². The number of anilines is 2. The highest BCUT2D eigenvalue weighted by Gasteiger charge is 2.17. The molecule has 1 fully saturated rings. The summed E-state index contributed by atoms with van der Waals surface area (Å²) in [4.78, 5) is 11.6. The van der Waals surface area contributed by atoms with Crippen LogP contribution in [0.1, 0.15) is 6.42 Å². The van der Waals surface area contributed by atoms with Crippen molar-refractivity contribution in [2.75, 3.05) is 24.3 Å². The van der Waals surface area contributed by atoms with E-state index in [0.29, 0.717) is 24.6 Å². The number of amides is 2.